The van der Waals surface area contributed by atoms with Crippen molar-refractivity contribution in [1.29, 1.82) is 0 Å². The number of piperazine rings is 1. The van der Waals surface area contributed by atoms with Crippen LogP contribution in [0.3, 0.4) is 0 Å². The summed E-state index contributed by atoms with van der Waals surface area (Å²) in [4.78, 5) is 10.6. The fourth-order valence-electron chi connectivity index (χ4n) is 4.12. The molecular formula is C24H30N4O7. The van der Waals surface area contributed by atoms with Gasteiger partial charge in [-0.05, 0) is 23.8 Å². The highest BCUT2D eigenvalue weighted by Gasteiger charge is 2.26. The molecule has 11 heteroatoms. The van der Waals surface area contributed by atoms with Crippen LogP contribution in [0.1, 0.15) is 11.6 Å². The number of anilines is 1. The molecule has 3 aromatic rings. The van der Waals surface area contributed by atoms with E-state index >= 15 is 0 Å². The van der Waals surface area contributed by atoms with Gasteiger partial charge in [0, 0.05) is 31.1 Å². The zero-order valence-electron chi connectivity index (χ0n) is 20.4. The molecule has 0 saturated carbocycles. The Morgan fingerprint density at radius 2 is 1.63 bits per heavy atom. The Morgan fingerprint density at radius 1 is 0.971 bits per heavy atom. The van der Waals surface area contributed by atoms with Crippen molar-refractivity contribution in [2.45, 2.75) is 6.04 Å². The zero-order chi connectivity index (χ0) is 25.4. The van der Waals surface area contributed by atoms with Gasteiger partial charge < -0.3 is 39.0 Å². The maximum Gasteiger partial charge on any atom is 0.290 e. The van der Waals surface area contributed by atoms with Crippen molar-refractivity contribution in [1.82, 2.24) is 15.5 Å². The van der Waals surface area contributed by atoms with E-state index in [-0.39, 0.29) is 12.5 Å². The number of hydrogen-bond acceptors (Lipinski definition) is 10. The van der Waals surface area contributed by atoms with Gasteiger partial charge in [0.05, 0.1) is 53.5 Å². The first-order chi connectivity index (χ1) is 17.0. The van der Waals surface area contributed by atoms with Crippen molar-refractivity contribution in [3.05, 3.63) is 36.0 Å². The molecule has 0 bridgehead atoms. The zero-order valence-corrected chi connectivity index (χ0v) is 20.4. The topological polar surface area (TPSA) is 125 Å². The van der Waals surface area contributed by atoms with E-state index in [4.69, 9.17) is 33.6 Å². The second-order valence-electron chi connectivity index (χ2n) is 7.48. The van der Waals surface area contributed by atoms with Gasteiger partial charge in [0.15, 0.2) is 11.5 Å². The second-order valence-corrected chi connectivity index (χ2v) is 7.48. The number of benzene rings is 2. The Balaban J connectivity index is 0.00000108. The Hall–Kier alpha value is -3.99. The van der Waals surface area contributed by atoms with E-state index in [1.807, 2.05) is 24.3 Å². The molecule has 1 fully saturated rings. The Labute approximate surface area is 203 Å². The largest absolute Gasteiger partial charge is 0.497 e. The number of rotatable bonds is 7. The van der Waals surface area contributed by atoms with Crippen LogP contribution >= 0.6 is 0 Å². The molecule has 1 aliphatic heterocycles. The highest BCUT2D eigenvalue weighted by molar-refractivity contribution is 5.98. The first kappa shape index (κ1) is 25.6. The van der Waals surface area contributed by atoms with Gasteiger partial charge >= 0.3 is 0 Å². The molecule has 1 aliphatic rings. The molecule has 1 aromatic heterocycles. The quantitative estimate of drug-likeness (QED) is 0.479. The smallest absolute Gasteiger partial charge is 0.290 e. The number of ether oxygens (including phenoxy) is 5. The second kappa shape index (κ2) is 11.9. The van der Waals surface area contributed by atoms with Crippen molar-refractivity contribution >= 4 is 23.1 Å². The summed E-state index contributed by atoms with van der Waals surface area (Å²) >= 11 is 0. The number of carbonyl (C=O) groups is 1. The molecule has 1 atom stereocenters. The van der Waals surface area contributed by atoms with Gasteiger partial charge in [0.2, 0.25) is 5.75 Å². The van der Waals surface area contributed by atoms with E-state index in [1.165, 1.54) is 0 Å². The average molecular weight is 487 g/mol. The van der Waals surface area contributed by atoms with Crippen LogP contribution in [0.4, 0.5) is 5.69 Å². The van der Waals surface area contributed by atoms with Crippen LogP contribution < -0.4 is 33.9 Å². The minimum Gasteiger partial charge on any atom is -0.497 e. The lowest BCUT2D eigenvalue weighted by Crippen LogP contribution is -2.46. The molecule has 11 nitrogen and oxygen atoms in total. The van der Waals surface area contributed by atoms with Crippen molar-refractivity contribution in [3.63, 3.8) is 0 Å². The SMILES string of the molecule is COc1cc(OC)cc(C2CN(c3cnnc4c(OC)c(OC)c(OC)cc34)CCN2)c1.O=CO. The predicted octanol–water partition coefficient (Wildman–Crippen LogP) is 2.52. The molecule has 0 spiro atoms. The predicted molar refractivity (Wildman–Crippen MR) is 130 cm³/mol. The molecule has 2 heterocycles. The number of nitrogens with one attached hydrogen (secondary N) is 1. The minimum atomic E-state index is -0.250. The molecule has 2 aromatic carbocycles. The van der Waals surface area contributed by atoms with Gasteiger partial charge in [-0.1, -0.05) is 0 Å². The third-order valence-electron chi connectivity index (χ3n) is 5.71. The summed E-state index contributed by atoms with van der Waals surface area (Å²) in [7, 11) is 8.08. The highest BCUT2D eigenvalue weighted by Crippen LogP contribution is 2.44. The fourth-order valence-corrected chi connectivity index (χ4v) is 4.12. The summed E-state index contributed by atoms with van der Waals surface area (Å²) in [6.45, 7) is 2.10. The van der Waals surface area contributed by atoms with Gasteiger partial charge in [-0.2, -0.15) is 5.10 Å². The fraction of sp³-hybridized carbons (Fsp3) is 0.375. The monoisotopic (exact) mass is 486 g/mol. The summed E-state index contributed by atoms with van der Waals surface area (Å²) in [5.41, 5.74) is 2.67. The summed E-state index contributed by atoms with van der Waals surface area (Å²) in [6, 6.07) is 7.94. The lowest BCUT2D eigenvalue weighted by molar-refractivity contribution is -0.122. The van der Waals surface area contributed by atoms with Gasteiger partial charge in [-0.3, -0.25) is 4.79 Å². The first-order valence-corrected chi connectivity index (χ1v) is 10.8. The number of fused-ring (bicyclic) bond motifs is 1. The van der Waals surface area contributed by atoms with Crippen molar-refractivity contribution in [2.24, 2.45) is 0 Å². The van der Waals surface area contributed by atoms with Crippen molar-refractivity contribution in [3.8, 4) is 28.7 Å². The van der Waals surface area contributed by atoms with Crippen LogP contribution in [0.15, 0.2) is 30.5 Å². The summed E-state index contributed by atoms with van der Waals surface area (Å²) in [5.74, 6) is 3.10. The third-order valence-corrected chi connectivity index (χ3v) is 5.71. The number of hydrogen-bond donors (Lipinski definition) is 2. The van der Waals surface area contributed by atoms with Gasteiger partial charge in [-0.15, -0.1) is 5.10 Å². The first-order valence-electron chi connectivity index (χ1n) is 10.8. The number of methoxy groups -OCH3 is 5. The van der Waals surface area contributed by atoms with Crippen LogP contribution in [0.5, 0.6) is 28.7 Å². The molecule has 4 rings (SSSR count). The summed E-state index contributed by atoms with van der Waals surface area (Å²) < 4.78 is 27.6. The van der Waals surface area contributed by atoms with Crippen LogP contribution in [-0.4, -0.2) is 77.0 Å². The standard InChI is InChI=1S/C23H28N4O5.CH2O2/c1-28-15-8-14(9-16(10-15)29-2)18-13-27(7-6-24-18)19-12-25-26-21-17(19)11-20(30-3)22(31-4)23(21)32-5;2-1-3/h8-12,18,24H,6-7,13H2,1-5H3;1H,(H,2,3). The van der Waals surface area contributed by atoms with Gasteiger partial charge in [-0.25, -0.2) is 0 Å². The molecule has 0 radical (unpaired) electrons. The van der Waals surface area contributed by atoms with Crippen LogP contribution in [0.25, 0.3) is 10.9 Å². The Bertz CT molecular complexity index is 1140. The van der Waals surface area contributed by atoms with E-state index < -0.39 is 0 Å². The van der Waals surface area contributed by atoms with E-state index in [0.717, 1.165) is 47.8 Å². The van der Waals surface area contributed by atoms with Crippen molar-refractivity contribution in [2.75, 3.05) is 60.1 Å². The molecule has 0 amide bonds. The van der Waals surface area contributed by atoms with E-state index in [2.05, 4.69) is 20.4 Å². The molecule has 35 heavy (non-hydrogen) atoms. The van der Waals surface area contributed by atoms with Crippen LogP contribution in [-0.2, 0) is 4.79 Å². The molecule has 0 aliphatic carbocycles. The van der Waals surface area contributed by atoms with Crippen LogP contribution in [0, 0.1) is 0 Å². The minimum absolute atomic E-state index is 0.0815. The molecule has 1 unspecified atom stereocenters. The van der Waals surface area contributed by atoms with E-state index in [1.54, 1.807) is 41.7 Å². The number of nitrogens with zero attached hydrogens (tertiary/aromatic N) is 3. The molecule has 188 valence electrons. The highest BCUT2D eigenvalue weighted by atomic mass is 16.5. The maximum atomic E-state index is 8.36. The molecule has 1 saturated heterocycles. The van der Waals surface area contributed by atoms with Gasteiger partial charge in [0.25, 0.3) is 6.47 Å². The molecule has 2 N–H and O–H groups in total. The normalized spacial score (nSPS) is 15.0. The third kappa shape index (κ3) is 5.40. The van der Waals surface area contributed by atoms with E-state index in [0.29, 0.717) is 22.8 Å². The average Bonchev–Trinajstić information content (AvgIpc) is 2.91. The summed E-state index contributed by atoms with van der Waals surface area (Å²) in [6.07, 6.45) is 1.78. The number of aromatic nitrogens is 2. The van der Waals surface area contributed by atoms with Crippen LogP contribution in [0.2, 0.25) is 0 Å². The van der Waals surface area contributed by atoms with Gasteiger partial charge in [0.1, 0.15) is 17.0 Å². The Kier molecular flexibility index (Phi) is 8.74. The van der Waals surface area contributed by atoms with Crippen molar-refractivity contribution < 1.29 is 33.6 Å². The number of carboxylic acid groups (broad SMARTS) is 1. The van der Waals surface area contributed by atoms with E-state index in [9.17, 15) is 0 Å². The lowest BCUT2D eigenvalue weighted by atomic mass is 10.0. The summed E-state index contributed by atoms with van der Waals surface area (Å²) in [5, 5.41) is 19.9. The maximum absolute atomic E-state index is 8.36. The lowest BCUT2D eigenvalue weighted by Gasteiger charge is -2.36. The molecular weight excluding hydrogens is 456 g/mol. The Morgan fingerprint density at radius 3 is 2.20 bits per heavy atom.